The van der Waals surface area contributed by atoms with Gasteiger partial charge < -0.3 is 14.4 Å². The Morgan fingerprint density at radius 2 is 2.07 bits per heavy atom. The Morgan fingerprint density at radius 1 is 1.25 bits per heavy atom. The highest BCUT2D eigenvalue weighted by Gasteiger charge is 2.24. The van der Waals surface area contributed by atoms with Crippen LogP contribution in [0.15, 0.2) is 42.7 Å². The lowest BCUT2D eigenvalue weighted by atomic mass is 10.1. The number of aromatic nitrogens is 2. The SMILES string of the molecule is CC(c1ccc(Cl)cc1F)n1cnc2ccc(N3CCN(C=O)C[C@@H]3C)cc21. The average Bonchev–Trinajstić information content (AvgIpc) is 3.10. The highest BCUT2D eigenvalue weighted by Crippen LogP contribution is 2.30. The number of hydrogen-bond donors (Lipinski definition) is 0. The Hall–Kier alpha value is -2.60. The summed E-state index contributed by atoms with van der Waals surface area (Å²) in [5, 5.41) is 0.384. The number of carbonyl (C=O) groups excluding carboxylic acids is 1. The molecule has 2 aromatic carbocycles. The number of rotatable bonds is 4. The van der Waals surface area contributed by atoms with Crippen molar-refractivity contribution in [2.45, 2.75) is 25.9 Å². The van der Waals surface area contributed by atoms with Crippen LogP contribution in [0, 0.1) is 5.82 Å². The topological polar surface area (TPSA) is 41.4 Å². The van der Waals surface area contributed by atoms with Crippen LogP contribution in [0.4, 0.5) is 10.1 Å². The van der Waals surface area contributed by atoms with Gasteiger partial charge in [-0.25, -0.2) is 9.37 Å². The number of benzene rings is 2. The van der Waals surface area contributed by atoms with Gasteiger partial charge in [-0.05, 0) is 44.2 Å². The van der Waals surface area contributed by atoms with Crippen molar-refractivity contribution in [2.75, 3.05) is 24.5 Å². The van der Waals surface area contributed by atoms with Gasteiger partial charge in [0.2, 0.25) is 6.41 Å². The molecule has 0 saturated carbocycles. The largest absolute Gasteiger partial charge is 0.365 e. The molecule has 0 spiro atoms. The van der Waals surface area contributed by atoms with Crippen LogP contribution in [-0.2, 0) is 4.79 Å². The van der Waals surface area contributed by atoms with Gasteiger partial charge in [-0.2, -0.15) is 0 Å². The summed E-state index contributed by atoms with van der Waals surface area (Å²) in [4.78, 5) is 19.6. The van der Waals surface area contributed by atoms with Gasteiger partial charge in [0.05, 0.1) is 23.4 Å². The Kier molecular flexibility index (Phi) is 4.98. The van der Waals surface area contributed by atoms with E-state index in [-0.39, 0.29) is 17.9 Å². The summed E-state index contributed by atoms with van der Waals surface area (Å²) in [5.74, 6) is -0.323. The quantitative estimate of drug-likeness (QED) is 0.619. The lowest BCUT2D eigenvalue weighted by Crippen LogP contribution is -2.51. The maximum atomic E-state index is 14.4. The number of carbonyl (C=O) groups is 1. The first-order chi connectivity index (χ1) is 13.5. The fourth-order valence-electron chi connectivity index (χ4n) is 3.96. The number of fused-ring (bicyclic) bond motifs is 1. The van der Waals surface area contributed by atoms with Gasteiger partial charge >= 0.3 is 0 Å². The molecule has 4 rings (SSSR count). The molecule has 28 heavy (non-hydrogen) atoms. The third-order valence-electron chi connectivity index (χ3n) is 5.53. The summed E-state index contributed by atoms with van der Waals surface area (Å²) in [5.41, 5.74) is 3.46. The third-order valence-corrected chi connectivity index (χ3v) is 5.76. The van der Waals surface area contributed by atoms with Crippen LogP contribution in [0.25, 0.3) is 11.0 Å². The third kappa shape index (κ3) is 3.33. The molecule has 2 atom stereocenters. The van der Waals surface area contributed by atoms with E-state index in [0.717, 1.165) is 29.7 Å². The standard InChI is InChI=1S/C21H22ClFN4O/c1-14-11-25(13-28)7-8-26(14)17-4-6-20-21(10-17)27(12-24-20)15(2)18-5-3-16(22)9-19(18)23/h3-6,9-10,12-15H,7-8,11H2,1-2H3/t14-,15?/m0/s1. The Morgan fingerprint density at radius 3 is 2.79 bits per heavy atom. The first kappa shape index (κ1) is 18.7. The van der Waals surface area contributed by atoms with E-state index in [0.29, 0.717) is 23.7 Å². The van der Waals surface area contributed by atoms with Crippen LogP contribution < -0.4 is 4.90 Å². The first-order valence-electron chi connectivity index (χ1n) is 9.35. The molecule has 146 valence electrons. The van der Waals surface area contributed by atoms with E-state index in [1.54, 1.807) is 23.4 Å². The van der Waals surface area contributed by atoms with Crippen molar-refractivity contribution < 1.29 is 9.18 Å². The van der Waals surface area contributed by atoms with Crippen LogP contribution in [0.3, 0.4) is 0 Å². The van der Waals surface area contributed by atoms with Crippen molar-refractivity contribution in [1.82, 2.24) is 14.5 Å². The maximum Gasteiger partial charge on any atom is 0.209 e. The monoisotopic (exact) mass is 400 g/mol. The second kappa shape index (κ2) is 7.43. The minimum absolute atomic E-state index is 0.221. The van der Waals surface area contributed by atoms with Crippen LogP contribution in [0.5, 0.6) is 0 Å². The summed E-state index contributed by atoms with van der Waals surface area (Å²) in [6.07, 6.45) is 2.66. The normalized spacial score (nSPS) is 18.5. The van der Waals surface area contributed by atoms with Crippen molar-refractivity contribution >= 4 is 34.7 Å². The van der Waals surface area contributed by atoms with E-state index >= 15 is 0 Å². The van der Waals surface area contributed by atoms with Crippen LogP contribution in [-0.4, -0.2) is 46.5 Å². The molecular formula is C21H22ClFN4O. The van der Waals surface area contributed by atoms with Crippen molar-refractivity contribution in [1.29, 1.82) is 0 Å². The molecule has 0 aliphatic carbocycles. The molecule has 1 fully saturated rings. The van der Waals surface area contributed by atoms with Crippen LogP contribution in [0.2, 0.25) is 5.02 Å². The highest BCUT2D eigenvalue weighted by molar-refractivity contribution is 6.30. The predicted octanol–water partition coefficient (Wildman–Crippen LogP) is 4.11. The van der Waals surface area contributed by atoms with Crippen molar-refractivity contribution in [3.05, 3.63) is 59.1 Å². The molecule has 1 amide bonds. The van der Waals surface area contributed by atoms with E-state index in [9.17, 15) is 9.18 Å². The van der Waals surface area contributed by atoms with Crippen LogP contribution >= 0.6 is 11.6 Å². The zero-order valence-electron chi connectivity index (χ0n) is 15.8. The minimum atomic E-state index is -0.323. The molecule has 1 saturated heterocycles. The van der Waals surface area contributed by atoms with Crippen LogP contribution in [0.1, 0.15) is 25.5 Å². The van der Waals surface area contributed by atoms with Gasteiger partial charge in [0, 0.05) is 41.9 Å². The van der Waals surface area contributed by atoms with E-state index in [1.807, 2.05) is 17.6 Å². The second-order valence-corrected chi connectivity index (χ2v) is 7.75. The maximum absolute atomic E-state index is 14.4. The van der Waals surface area contributed by atoms with Gasteiger partial charge in [0.25, 0.3) is 0 Å². The summed E-state index contributed by atoms with van der Waals surface area (Å²) < 4.78 is 16.4. The Bertz CT molecular complexity index is 1020. The Labute approximate surface area is 168 Å². The highest BCUT2D eigenvalue weighted by atomic mass is 35.5. The number of halogens is 2. The summed E-state index contributed by atoms with van der Waals surface area (Å²) in [6.45, 7) is 6.25. The molecule has 3 aromatic rings. The van der Waals surface area contributed by atoms with E-state index in [2.05, 4.69) is 28.9 Å². The summed E-state index contributed by atoms with van der Waals surface area (Å²) >= 11 is 5.89. The van der Waals surface area contributed by atoms with Crippen molar-refractivity contribution in [2.24, 2.45) is 0 Å². The zero-order chi connectivity index (χ0) is 19.8. The average molecular weight is 401 g/mol. The molecule has 1 aliphatic heterocycles. The molecule has 0 radical (unpaired) electrons. The molecule has 1 aromatic heterocycles. The minimum Gasteiger partial charge on any atom is -0.365 e. The first-order valence-corrected chi connectivity index (χ1v) is 9.73. The van der Waals surface area contributed by atoms with E-state index in [1.165, 1.54) is 6.07 Å². The number of imidazole rings is 1. The van der Waals surface area contributed by atoms with Crippen molar-refractivity contribution in [3.63, 3.8) is 0 Å². The van der Waals surface area contributed by atoms with E-state index in [4.69, 9.17) is 11.6 Å². The number of anilines is 1. The number of hydrogen-bond acceptors (Lipinski definition) is 3. The van der Waals surface area contributed by atoms with E-state index < -0.39 is 0 Å². The van der Waals surface area contributed by atoms with Gasteiger partial charge in [-0.1, -0.05) is 17.7 Å². The molecule has 0 N–H and O–H groups in total. The fourth-order valence-corrected chi connectivity index (χ4v) is 4.12. The summed E-state index contributed by atoms with van der Waals surface area (Å²) in [7, 11) is 0. The smallest absolute Gasteiger partial charge is 0.209 e. The lowest BCUT2D eigenvalue weighted by molar-refractivity contribution is -0.118. The molecule has 5 nitrogen and oxygen atoms in total. The van der Waals surface area contributed by atoms with Gasteiger partial charge in [0.1, 0.15) is 5.82 Å². The molecule has 0 bridgehead atoms. The van der Waals surface area contributed by atoms with Gasteiger partial charge in [0.15, 0.2) is 0 Å². The summed E-state index contributed by atoms with van der Waals surface area (Å²) in [6, 6.07) is 10.9. The molecule has 1 aliphatic rings. The Balaban J connectivity index is 1.69. The molecule has 1 unspecified atom stereocenters. The predicted molar refractivity (Wildman–Crippen MR) is 109 cm³/mol. The number of amides is 1. The second-order valence-electron chi connectivity index (χ2n) is 7.31. The molecule has 2 heterocycles. The number of nitrogens with zero attached hydrogens (tertiary/aromatic N) is 4. The zero-order valence-corrected chi connectivity index (χ0v) is 16.6. The van der Waals surface area contributed by atoms with Gasteiger partial charge in [-0.3, -0.25) is 4.79 Å². The van der Waals surface area contributed by atoms with Crippen molar-refractivity contribution in [3.8, 4) is 0 Å². The lowest BCUT2D eigenvalue weighted by Gasteiger charge is -2.39. The molecule has 7 heteroatoms. The fraction of sp³-hybridized carbons (Fsp3) is 0.333. The van der Waals surface area contributed by atoms with Gasteiger partial charge in [-0.15, -0.1) is 0 Å². The molecular weight excluding hydrogens is 379 g/mol. The number of piperazine rings is 1.